The Bertz CT molecular complexity index is 706. The number of methoxy groups -OCH3 is 1. The van der Waals surface area contributed by atoms with Crippen molar-refractivity contribution in [3.63, 3.8) is 0 Å². The first kappa shape index (κ1) is 17.7. The Morgan fingerprint density at radius 3 is 2.88 bits per heavy atom. The fourth-order valence-electron chi connectivity index (χ4n) is 2.81. The van der Waals surface area contributed by atoms with Gasteiger partial charge in [0.25, 0.3) is 5.91 Å². The highest BCUT2D eigenvalue weighted by atomic mass is 32.1. The van der Waals surface area contributed by atoms with E-state index in [9.17, 15) is 4.79 Å². The normalized spacial score (nSPS) is 15.7. The first-order valence-corrected chi connectivity index (χ1v) is 9.27. The third-order valence-electron chi connectivity index (χ3n) is 4.28. The minimum Gasteiger partial charge on any atom is -0.493 e. The predicted molar refractivity (Wildman–Crippen MR) is 97.5 cm³/mol. The summed E-state index contributed by atoms with van der Waals surface area (Å²) in [5, 5.41) is 1.95. The molecular weight excluding hydrogens is 338 g/mol. The Hall–Kier alpha value is -2.12. The highest BCUT2D eigenvalue weighted by Crippen LogP contribution is 2.29. The Balaban J connectivity index is 1.70. The highest BCUT2D eigenvalue weighted by Gasteiger charge is 2.20. The standard InChI is InChI=1S/C18H23N3O3S/c1-20-6-3-7-21(9-8-20)18(22)14-4-5-16(17(10-14)23-2)24-11-15-12-25-13-19-15/h4-5,10,12-13H,3,6-9,11H2,1-2H3. The number of amides is 1. The van der Waals surface area contributed by atoms with Crippen LogP contribution in [-0.4, -0.2) is 61.0 Å². The zero-order chi connectivity index (χ0) is 17.6. The molecule has 1 fully saturated rings. The summed E-state index contributed by atoms with van der Waals surface area (Å²) in [5.74, 6) is 1.22. The van der Waals surface area contributed by atoms with Gasteiger partial charge in [-0.05, 0) is 38.2 Å². The Morgan fingerprint density at radius 2 is 2.12 bits per heavy atom. The quantitative estimate of drug-likeness (QED) is 0.819. The van der Waals surface area contributed by atoms with E-state index in [1.165, 1.54) is 11.3 Å². The average Bonchev–Trinajstić information content (AvgIpc) is 3.06. The van der Waals surface area contributed by atoms with Crippen molar-refractivity contribution in [1.29, 1.82) is 0 Å². The third-order valence-corrected chi connectivity index (χ3v) is 4.91. The van der Waals surface area contributed by atoms with Crippen LogP contribution in [0, 0.1) is 0 Å². The average molecular weight is 361 g/mol. The van der Waals surface area contributed by atoms with Gasteiger partial charge in [-0.3, -0.25) is 4.79 Å². The van der Waals surface area contributed by atoms with Gasteiger partial charge in [0.2, 0.25) is 0 Å². The molecule has 1 aliphatic heterocycles. The first-order chi connectivity index (χ1) is 12.2. The summed E-state index contributed by atoms with van der Waals surface area (Å²) in [5.41, 5.74) is 3.28. The van der Waals surface area contributed by atoms with Crippen molar-refractivity contribution in [2.75, 3.05) is 40.3 Å². The molecule has 1 aromatic heterocycles. The van der Waals surface area contributed by atoms with E-state index in [0.29, 0.717) is 23.7 Å². The Labute approximate surface area is 152 Å². The summed E-state index contributed by atoms with van der Waals surface area (Å²) in [6.45, 7) is 3.84. The van der Waals surface area contributed by atoms with Crippen LogP contribution in [-0.2, 0) is 6.61 Å². The van der Waals surface area contributed by atoms with Crippen LogP contribution in [0.1, 0.15) is 22.5 Å². The van der Waals surface area contributed by atoms with Crippen molar-refractivity contribution in [3.8, 4) is 11.5 Å². The van der Waals surface area contributed by atoms with Crippen molar-refractivity contribution < 1.29 is 14.3 Å². The van der Waals surface area contributed by atoms with Crippen LogP contribution in [0.25, 0.3) is 0 Å². The molecule has 6 nitrogen and oxygen atoms in total. The fraction of sp³-hybridized carbons (Fsp3) is 0.444. The van der Waals surface area contributed by atoms with Gasteiger partial charge in [-0.2, -0.15) is 0 Å². The van der Waals surface area contributed by atoms with Crippen molar-refractivity contribution >= 4 is 17.2 Å². The Kier molecular flexibility index (Phi) is 5.88. The van der Waals surface area contributed by atoms with Gasteiger partial charge < -0.3 is 19.3 Å². The van der Waals surface area contributed by atoms with E-state index in [2.05, 4.69) is 16.9 Å². The number of ether oxygens (including phenoxy) is 2. The van der Waals surface area contributed by atoms with Crippen LogP contribution in [0.5, 0.6) is 11.5 Å². The molecule has 0 bridgehead atoms. The number of rotatable bonds is 5. The minimum absolute atomic E-state index is 0.0413. The second kappa shape index (κ2) is 8.31. The number of thiazole rings is 1. The van der Waals surface area contributed by atoms with Crippen LogP contribution in [0.3, 0.4) is 0 Å². The number of nitrogens with zero attached hydrogens (tertiary/aromatic N) is 3. The van der Waals surface area contributed by atoms with E-state index < -0.39 is 0 Å². The number of hydrogen-bond donors (Lipinski definition) is 0. The lowest BCUT2D eigenvalue weighted by Gasteiger charge is -2.21. The molecule has 1 saturated heterocycles. The van der Waals surface area contributed by atoms with Crippen molar-refractivity contribution in [2.24, 2.45) is 0 Å². The maximum absolute atomic E-state index is 12.8. The smallest absolute Gasteiger partial charge is 0.254 e. The van der Waals surface area contributed by atoms with Gasteiger partial charge in [-0.15, -0.1) is 11.3 Å². The van der Waals surface area contributed by atoms with Gasteiger partial charge in [0.05, 0.1) is 18.3 Å². The highest BCUT2D eigenvalue weighted by molar-refractivity contribution is 7.07. The number of hydrogen-bond acceptors (Lipinski definition) is 6. The summed E-state index contributed by atoms with van der Waals surface area (Å²) in [4.78, 5) is 21.1. The molecule has 1 aromatic carbocycles. The molecule has 0 radical (unpaired) electrons. The second-order valence-electron chi connectivity index (χ2n) is 6.08. The lowest BCUT2D eigenvalue weighted by atomic mass is 10.1. The maximum atomic E-state index is 12.8. The Morgan fingerprint density at radius 1 is 1.24 bits per heavy atom. The van der Waals surface area contributed by atoms with E-state index >= 15 is 0 Å². The van der Waals surface area contributed by atoms with Gasteiger partial charge in [-0.1, -0.05) is 0 Å². The van der Waals surface area contributed by atoms with Crippen LogP contribution < -0.4 is 9.47 Å². The molecule has 1 aliphatic rings. The number of carbonyl (C=O) groups is 1. The van der Waals surface area contributed by atoms with Crippen molar-refractivity contribution in [2.45, 2.75) is 13.0 Å². The monoisotopic (exact) mass is 361 g/mol. The summed E-state index contributed by atoms with van der Waals surface area (Å²) in [6.07, 6.45) is 0.994. The van der Waals surface area contributed by atoms with E-state index in [4.69, 9.17) is 9.47 Å². The molecule has 0 unspecified atom stereocenters. The van der Waals surface area contributed by atoms with Crippen LogP contribution in [0.2, 0.25) is 0 Å². The largest absolute Gasteiger partial charge is 0.493 e. The molecule has 0 aliphatic carbocycles. The molecule has 25 heavy (non-hydrogen) atoms. The van der Waals surface area contributed by atoms with Gasteiger partial charge >= 0.3 is 0 Å². The summed E-state index contributed by atoms with van der Waals surface area (Å²) >= 11 is 1.53. The van der Waals surface area contributed by atoms with Crippen molar-refractivity contribution in [1.82, 2.24) is 14.8 Å². The van der Waals surface area contributed by atoms with Gasteiger partial charge in [0.15, 0.2) is 11.5 Å². The molecule has 0 N–H and O–H groups in total. The molecule has 2 heterocycles. The van der Waals surface area contributed by atoms with Crippen LogP contribution in [0.4, 0.5) is 0 Å². The SMILES string of the molecule is COc1cc(C(=O)N2CCCN(C)CC2)ccc1OCc1cscn1. The van der Waals surface area contributed by atoms with E-state index in [-0.39, 0.29) is 5.91 Å². The second-order valence-corrected chi connectivity index (χ2v) is 6.80. The number of carbonyl (C=O) groups excluding carboxylic acids is 1. The topological polar surface area (TPSA) is 54.9 Å². The lowest BCUT2D eigenvalue weighted by Crippen LogP contribution is -2.34. The number of aromatic nitrogens is 1. The predicted octanol–water partition coefficient (Wildman–Crippen LogP) is 2.51. The van der Waals surface area contributed by atoms with Gasteiger partial charge in [0, 0.05) is 30.6 Å². The molecule has 1 amide bonds. The van der Waals surface area contributed by atoms with Gasteiger partial charge in [0.1, 0.15) is 6.61 Å². The summed E-state index contributed by atoms with van der Waals surface area (Å²) in [6, 6.07) is 5.35. The number of benzene rings is 1. The lowest BCUT2D eigenvalue weighted by molar-refractivity contribution is 0.0762. The molecule has 0 spiro atoms. The third kappa shape index (κ3) is 4.49. The molecule has 0 saturated carbocycles. The summed E-state index contributed by atoms with van der Waals surface area (Å²) < 4.78 is 11.2. The summed E-state index contributed by atoms with van der Waals surface area (Å²) in [7, 11) is 3.67. The maximum Gasteiger partial charge on any atom is 0.254 e. The zero-order valence-corrected chi connectivity index (χ0v) is 15.4. The fourth-order valence-corrected chi connectivity index (χ4v) is 3.36. The zero-order valence-electron chi connectivity index (χ0n) is 14.6. The molecule has 2 aromatic rings. The number of likely N-dealkylation sites (N-methyl/N-ethyl adjacent to an activating group) is 1. The van der Waals surface area contributed by atoms with Crippen LogP contribution >= 0.6 is 11.3 Å². The first-order valence-electron chi connectivity index (χ1n) is 8.33. The molecule has 134 valence electrons. The van der Waals surface area contributed by atoms with Crippen LogP contribution in [0.15, 0.2) is 29.1 Å². The van der Waals surface area contributed by atoms with Crippen molar-refractivity contribution in [3.05, 3.63) is 40.3 Å². The van der Waals surface area contributed by atoms with E-state index in [1.54, 1.807) is 30.8 Å². The molecule has 3 rings (SSSR count). The molecule has 0 atom stereocenters. The molecular formula is C18H23N3O3S. The van der Waals surface area contributed by atoms with E-state index in [0.717, 1.165) is 38.3 Å². The van der Waals surface area contributed by atoms with E-state index in [1.807, 2.05) is 10.3 Å². The molecule has 7 heteroatoms. The minimum atomic E-state index is 0.0413. The van der Waals surface area contributed by atoms with Gasteiger partial charge in [-0.25, -0.2) is 4.98 Å².